The SMILES string of the molecule is CCC(N)c1ncc2[nH]ncc2n1. The van der Waals surface area contributed by atoms with Gasteiger partial charge in [0.25, 0.3) is 0 Å². The van der Waals surface area contributed by atoms with Gasteiger partial charge in [-0.15, -0.1) is 0 Å². The molecule has 0 aliphatic heterocycles. The van der Waals surface area contributed by atoms with Crippen molar-refractivity contribution < 1.29 is 0 Å². The molecule has 68 valence electrons. The van der Waals surface area contributed by atoms with Crippen molar-refractivity contribution in [2.75, 3.05) is 0 Å². The summed E-state index contributed by atoms with van der Waals surface area (Å²) in [4.78, 5) is 8.42. The first-order chi connectivity index (χ1) is 6.31. The zero-order chi connectivity index (χ0) is 9.26. The molecule has 0 aromatic carbocycles. The highest BCUT2D eigenvalue weighted by molar-refractivity contribution is 5.71. The summed E-state index contributed by atoms with van der Waals surface area (Å²) >= 11 is 0. The normalized spacial score (nSPS) is 13.4. The van der Waals surface area contributed by atoms with Gasteiger partial charge < -0.3 is 5.73 Å². The van der Waals surface area contributed by atoms with E-state index in [2.05, 4.69) is 20.2 Å². The number of hydrogen-bond donors (Lipinski definition) is 2. The van der Waals surface area contributed by atoms with Crippen LogP contribution in [0.4, 0.5) is 0 Å². The summed E-state index contributed by atoms with van der Waals surface area (Å²) in [5, 5.41) is 6.65. The van der Waals surface area contributed by atoms with Crippen molar-refractivity contribution in [2.45, 2.75) is 19.4 Å². The predicted molar refractivity (Wildman–Crippen MR) is 48.9 cm³/mol. The third-order valence-corrected chi connectivity index (χ3v) is 1.98. The lowest BCUT2D eigenvalue weighted by atomic mass is 10.2. The van der Waals surface area contributed by atoms with Crippen molar-refractivity contribution in [3.05, 3.63) is 18.2 Å². The molecule has 2 rings (SSSR count). The molecule has 1 atom stereocenters. The molecule has 0 saturated heterocycles. The topological polar surface area (TPSA) is 80.5 Å². The molecule has 0 spiro atoms. The Morgan fingerprint density at radius 1 is 1.54 bits per heavy atom. The van der Waals surface area contributed by atoms with Crippen molar-refractivity contribution in [2.24, 2.45) is 5.73 Å². The Morgan fingerprint density at radius 2 is 2.38 bits per heavy atom. The van der Waals surface area contributed by atoms with E-state index in [9.17, 15) is 0 Å². The Kier molecular flexibility index (Phi) is 1.94. The number of aromatic nitrogens is 4. The van der Waals surface area contributed by atoms with E-state index in [0.29, 0.717) is 5.82 Å². The molecule has 2 heterocycles. The van der Waals surface area contributed by atoms with Gasteiger partial charge in [-0.2, -0.15) is 5.10 Å². The lowest BCUT2D eigenvalue weighted by Gasteiger charge is -2.05. The summed E-state index contributed by atoms with van der Waals surface area (Å²) in [7, 11) is 0. The van der Waals surface area contributed by atoms with Crippen LogP contribution in [0.5, 0.6) is 0 Å². The van der Waals surface area contributed by atoms with Gasteiger partial charge in [0, 0.05) is 0 Å². The van der Waals surface area contributed by atoms with Gasteiger partial charge in [-0.05, 0) is 6.42 Å². The summed E-state index contributed by atoms with van der Waals surface area (Å²) in [6.07, 6.45) is 4.21. The van der Waals surface area contributed by atoms with Crippen LogP contribution in [0.15, 0.2) is 12.4 Å². The van der Waals surface area contributed by atoms with Gasteiger partial charge in [-0.25, -0.2) is 9.97 Å². The molecule has 0 aliphatic carbocycles. The first-order valence-electron chi connectivity index (χ1n) is 4.23. The number of fused-ring (bicyclic) bond motifs is 1. The lowest BCUT2D eigenvalue weighted by Crippen LogP contribution is -2.12. The van der Waals surface area contributed by atoms with Gasteiger partial charge in [0.05, 0.1) is 18.4 Å². The standard InChI is InChI=1S/C8H11N5/c1-2-5(9)8-10-3-7-6(12-8)4-11-13-7/h3-5H,2,9H2,1H3,(H,11,13). The molecule has 5 heteroatoms. The fourth-order valence-corrected chi connectivity index (χ4v) is 1.12. The molecule has 2 aromatic heterocycles. The molecule has 3 N–H and O–H groups in total. The third-order valence-electron chi connectivity index (χ3n) is 1.98. The number of nitrogens with zero attached hydrogens (tertiary/aromatic N) is 3. The molecule has 0 bridgehead atoms. The van der Waals surface area contributed by atoms with Gasteiger partial charge in [0.1, 0.15) is 16.9 Å². The molecular weight excluding hydrogens is 166 g/mol. The molecule has 0 saturated carbocycles. The maximum Gasteiger partial charge on any atom is 0.145 e. The van der Waals surface area contributed by atoms with E-state index in [1.54, 1.807) is 12.4 Å². The quantitative estimate of drug-likeness (QED) is 0.709. The second kappa shape index (κ2) is 3.10. The average molecular weight is 177 g/mol. The minimum atomic E-state index is -0.0840. The second-order valence-corrected chi connectivity index (χ2v) is 2.91. The lowest BCUT2D eigenvalue weighted by molar-refractivity contribution is 0.653. The van der Waals surface area contributed by atoms with Crippen LogP contribution in [0, 0.1) is 0 Å². The summed E-state index contributed by atoms with van der Waals surface area (Å²) in [6.45, 7) is 2.01. The average Bonchev–Trinajstić information content (AvgIpc) is 2.63. The number of aromatic amines is 1. The van der Waals surface area contributed by atoms with Crippen molar-refractivity contribution in [3.8, 4) is 0 Å². The Labute approximate surface area is 75.4 Å². The number of rotatable bonds is 2. The highest BCUT2D eigenvalue weighted by Crippen LogP contribution is 2.11. The zero-order valence-electron chi connectivity index (χ0n) is 7.36. The maximum absolute atomic E-state index is 5.80. The van der Waals surface area contributed by atoms with Gasteiger partial charge in [0.2, 0.25) is 0 Å². The fraction of sp³-hybridized carbons (Fsp3) is 0.375. The Hall–Kier alpha value is -1.49. The van der Waals surface area contributed by atoms with Crippen molar-refractivity contribution in [1.82, 2.24) is 20.2 Å². The molecular formula is C8H11N5. The monoisotopic (exact) mass is 177 g/mol. The number of hydrogen-bond acceptors (Lipinski definition) is 4. The van der Waals surface area contributed by atoms with Crippen molar-refractivity contribution in [1.29, 1.82) is 0 Å². The molecule has 5 nitrogen and oxygen atoms in total. The fourth-order valence-electron chi connectivity index (χ4n) is 1.12. The van der Waals surface area contributed by atoms with Gasteiger partial charge >= 0.3 is 0 Å². The van der Waals surface area contributed by atoms with Crippen molar-refractivity contribution >= 4 is 11.0 Å². The molecule has 2 aromatic rings. The molecule has 13 heavy (non-hydrogen) atoms. The maximum atomic E-state index is 5.80. The minimum Gasteiger partial charge on any atom is -0.321 e. The molecule has 0 radical (unpaired) electrons. The van der Waals surface area contributed by atoms with Crippen LogP contribution in [0.2, 0.25) is 0 Å². The number of nitrogens with two attached hydrogens (primary N) is 1. The number of H-pyrrole nitrogens is 1. The Morgan fingerprint density at radius 3 is 3.15 bits per heavy atom. The van der Waals surface area contributed by atoms with E-state index >= 15 is 0 Å². The van der Waals surface area contributed by atoms with E-state index in [-0.39, 0.29) is 6.04 Å². The molecule has 0 amide bonds. The number of nitrogens with one attached hydrogen (secondary N) is 1. The smallest absolute Gasteiger partial charge is 0.145 e. The van der Waals surface area contributed by atoms with Crippen LogP contribution in [-0.2, 0) is 0 Å². The first-order valence-corrected chi connectivity index (χ1v) is 4.23. The van der Waals surface area contributed by atoms with E-state index in [0.717, 1.165) is 17.5 Å². The Balaban J connectivity index is 2.48. The first kappa shape index (κ1) is 8.12. The molecule has 1 unspecified atom stereocenters. The van der Waals surface area contributed by atoms with Crippen molar-refractivity contribution in [3.63, 3.8) is 0 Å². The van der Waals surface area contributed by atoms with Gasteiger partial charge in [-0.1, -0.05) is 6.92 Å². The van der Waals surface area contributed by atoms with Gasteiger partial charge in [-0.3, -0.25) is 5.10 Å². The summed E-state index contributed by atoms with van der Waals surface area (Å²) in [5.74, 6) is 0.677. The summed E-state index contributed by atoms with van der Waals surface area (Å²) in [5.41, 5.74) is 7.45. The van der Waals surface area contributed by atoms with E-state index < -0.39 is 0 Å². The van der Waals surface area contributed by atoms with Crippen LogP contribution in [-0.4, -0.2) is 20.2 Å². The predicted octanol–water partition coefficient (Wildman–Crippen LogP) is 0.763. The highest BCUT2D eigenvalue weighted by Gasteiger charge is 2.07. The van der Waals surface area contributed by atoms with Crippen LogP contribution >= 0.6 is 0 Å². The van der Waals surface area contributed by atoms with Crippen LogP contribution in [0.1, 0.15) is 25.2 Å². The zero-order valence-corrected chi connectivity index (χ0v) is 7.36. The second-order valence-electron chi connectivity index (χ2n) is 2.91. The highest BCUT2D eigenvalue weighted by atomic mass is 15.1. The third kappa shape index (κ3) is 1.38. The molecule has 0 aliphatic rings. The van der Waals surface area contributed by atoms with E-state index in [1.165, 1.54) is 0 Å². The minimum absolute atomic E-state index is 0.0840. The van der Waals surface area contributed by atoms with E-state index in [1.807, 2.05) is 6.92 Å². The van der Waals surface area contributed by atoms with Gasteiger partial charge in [0.15, 0.2) is 0 Å². The Bertz CT molecular complexity index is 408. The summed E-state index contributed by atoms with van der Waals surface area (Å²) in [6, 6.07) is -0.0840. The van der Waals surface area contributed by atoms with E-state index in [4.69, 9.17) is 5.73 Å². The largest absolute Gasteiger partial charge is 0.321 e. The molecule has 0 fully saturated rings. The van der Waals surface area contributed by atoms with Crippen LogP contribution in [0.3, 0.4) is 0 Å². The van der Waals surface area contributed by atoms with Crippen LogP contribution in [0.25, 0.3) is 11.0 Å². The van der Waals surface area contributed by atoms with Crippen LogP contribution < -0.4 is 5.73 Å². The summed E-state index contributed by atoms with van der Waals surface area (Å²) < 4.78 is 0.